The monoisotopic (exact) mass is 325 g/mol. The van der Waals surface area contributed by atoms with Gasteiger partial charge < -0.3 is 5.32 Å². The summed E-state index contributed by atoms with van der Waals surface area (Å²) in [5.41, 5.74) is -0.245. The van der Waals surface area contributed by atoms with Gasteiger partial charge in [0.2, 0.25) is 0 Å². The van der Waals surface area contributed by atoms with Gasteiger partial charge >= 0.3 is 6.03 Å². The minimum Gasteiger partial charge on any atom is -0.319 e. The Morgan fingerprint density at radius 2 is 1.83 bits per heavy atom. The minimum absolute atomic E-state index is 0.128. The Balaban J connectivity index is 1.92. The molecule has 0 radical (unpaired) electrons. The lowest BCUT2D eigenvalue weighted by Gasteiger charge is -2.22. The number of non-ortho nitro benzene ring substituents is 1. The second-order valence-electron chi connectivity index (χ2n) is 5.74. The molecule has 7 heteroatoms. The van der Waals surface area contributed by atoms with Crippen LogP contribution in [0.1, 0.15) is 18.1 Å². The van der Waals surface area contributed by atoms with Gasteiger partial charge in [-0.3, -0.25) is 19.8 Å². The van der Waals surface area contributed by atoms with Gasteiger partial charge in [0.1, 0.15) is 5.54 Å². The van der Waals surface area contributed by atoms with E-state index in [9.17, 15) is 19.7 Å². The van der Waals surface area contributed by atoms with Crippen molar-refractivity contribution in [3.63, 3.8) is 0 Å². The van der Waals surface area contributed by atoms with Crippen molar-refractivity contribution in [2.45, 2.75) is 19.0 Å². The van der Waals surface area contributed by atoms with Gasteiger partial charge in [-0.1, -0.05) is 42.5 Å². The number of nitro groups is 1. The molecule has 1 aliphatic heterocycles. The third-order valence-corrected chi connectivity index (χ3v) is 4.09. The fourth-order valence-corrected chi connectivity index (χ4v) is 2.73. The van der Waals surface area contributed by atoms with Gasteiger partial charge in [0.15, 0.2) is 0 Å². The van der Waals surface area contributed by atoms with Crippen LogP contribution in [0.3, 0.4) is 0 Å². The molecule has 0 bridgehead atoms. The lowest BCUT2D eigenvalue weighted by Crippen LogP contribution is -2.40. The van der Waals surface area contributed by atoms with Crippen LogP contribution in [0.4, 0.5) is 10.5 Å². The molecule has 0 unspecified atom stereocenters. The Morgan fingerprint density at radius 3 is 2.50 bits per heavy atom. The number of urea groups is 1. The van der Waals surface area contributed by atoms with Gasteiger partial charge in [0, 0.05) is 12.1 Å². The lowest BCUT2D eigenvalue weighted by atomic mass is 9.91. The van der Waals surface area contributed by atoms with Gasteiger partial charge in [0.25, 0.3) is 11.6 Å². The van der Waals surface area contributed by atoms with Crippen LogP contribution < -0.4 is 5.32 Å². The van der Waals surface area contributed by atoms with Crippen LogP contribution in [0.5, 0.6) is 0 Å². The van der Waals surface area contributed by atoms with Gasteiger partial charge in [-0.2, -0.15) is 0 Å². The Hall–Kier alpha value is -3.22. The summed E-state index contributed by atoms with van der Waals surface area (Å²) in [4.78, 5) is 36.6. The zero-order valence-corrected chi connectivity index (χ0v) is 12.9. The predicted octanol–water partition coefficient (Wildman–Crippen LogP) is 2.56. The number of hydrogen-bond acceptors (Lipinski definition) is 4. The first-order valence-electron chi connectivity index (χ1n) is 7.35. The van der Waals surface area contributed by atoms with E-state index in [0.717, 1.165) is 10.5 Å². The number of benzene rings is 2. The summed E-state index contributed by atoms with van der Waals surface area (Å²) in [6.07, 6.45) is 0. The summed E-state index contributed by atoms with van der Waals surface area (Å²) in [5, 5.41) is 13.6. The minimum atomic E-state index is -1.32. The molecule has 2 aromatic carbocycles. The smallest absolute Gasteiger partial charge is 0.319 e. The first kappa shape index (κ1) is 15.7. The quantitative estimate of drug-likeness (QED) is 0.531. The number of amides is 3. The summed E-state index contributed by atoms with van der Waals surface area (Å²) in [6.45, 7) is 1.70. The van der Waals surface area contributed by atoms with Crippen LogP contribution in [0.2, 0.25) is 0 Å². The largest absolute Gasteiger partial charge is 0.325 e. The van der Waals surface area contributed by atoms with E-state index < -0.39 is 22.4 Å². The fraction of sp³-hybridized carbons (Fsp3) is 0.176. The molecule has 0 saturated carbocycles. The number of nitrogens with one attached hydrogen (secondary N) is 1. The van der Waals surface area contributed by atoms with Crippen molar-refractivity contribution < 1.29 is 14.5 Å². The molecule has 0 spiro atoms. The Labute approximate surface area is 138 Å². The third-order valence-electron chi connectivity index (χ3n) is 4.09. The third kappa shape index (κ3) is 2.60. The number of nitro benzene ring substituents is 1. The predicted molar refractivity (Wildman–Crippen MR) is 86.0 cm³/mol. The molecular weight excluding hydrogens is 310 g/mol. The van der Waals surface area contributed by atoms with Crippen LogP contribution in [0.25, 0.3) is 0 Å². The molecule has 2 aromatic rings. The van der Waals surface area contributed by atoms with Crippen LogP contribution in [0.15, 0.2) is 54.6 Å². The second kappa shape index (κ2) is 5.77. The maximum atomic E-state index is 12.8. The number of carbonyl (C=O) groups is 2. The van der Waals surface area contributed by atoms with E-state index in [4.69, 9.17) is 0 Å². The van der Waals surface area contributed by atoms with E-state index in [1.54, 1.807) is 13.0 Å². The summed E-state index contributed by atoms with van der Waals surface area (Å²) in [5.74, 6) is -0.433. The molecule has 1 saturated heterocycles. The number of nitrogens with zero attached hydrogens (tertiary/aromatic N) is 2. The molecule has 0 aliphatic carbocycles. The summed E-state index contributed by atoms with van der Waals surface area (Å²) >= 11 is 0. The molecule has 24 heavy (non-hydrogen) atoms. The van der Waals surface area contributed by atoms with Crippen molar-refractivity contribution in [2.75, 3.05) is 0 Å². The van der Waals surface area contributed by atoms with E-state index in [2.05, 4.69) is 5.32 Å². The van der Waals surface area contributed by atoms with E-state index >= 15 is 0 Å². The van der Waals surface area contributed by atoms with Gasteiger partial charge in [-0.15, -0.1) is 0 Å². The second-order valence-corrected chi connectivity index (χ2v) is 5.74. The molecule has 1 atom stereocenters. The normalized spacial score (nSPS) is 20.1. The van der Waals surface area contributed by atoms with Crippen LogP contribution >= 0.6 is 0 Å². The van der Waals surface area contributed by atoms with Crippen molar-refractivity contribution >= 4 is 17.6 Å². The molecule has 122 valence electrons. The van der Waals surface area contributed by atoms with Crippen LogP contribution in [0, 0.1) is 10.1 Å². The van der Waals surface area contributed by atoms with Crippen molar-refractivity contribution in [2.24, 2.45) is 0 Å². The highest BCUT2D eigenvalue weighted by molar-refractivity contribution is 6.07. The number of rotatable bonds is 4. The molecule has 1 N–H and O–H groups in total. The maximum absolute atomic E-state index is 12.8. The van der Waals surface area contributed by atoms with Gasteiger partial charge in [-0.25, -0.2) is 4.79 Å². The highest BCUT2D eigenvalue weighted by Crippen LogP contribution is 2.31. The molecule has 1 aliphatic rings. The van der Waals surface area contributed by atoms with E-state index in [-0.39, 0.29) is 12.2 Å². The maximum Gasteiger partial charge on any atom is 0.325 e. The summed E-state index contributed by atoms with van der Waals surface area (Å²) in [6, 6.07) is 14.4. The zero-order chi connectivity index (χ0) is 17.3. The van der Waals surface area contributed by atoms with Crippen LogP contribution in [-0.2, 0) is 16.9 Å². The summed E-state index contributed by atoms with van der Waals surface area (Å²) < 4.78 is 0. The van der Waals surface area contributed by atoms with E-state index in [1.165, 1.54) is 18.2 Å². The molecule has 7 nitrogen and oxygen atoms in total. The highest BCUT2D eigenvalue weighted by Gasteiger charge is 2.49. The first-order valence-corrected chi connectivity index (χ1v) is 7.35. The highest BCUT2D eigenvalue weighted by atomic mass is 16.6. The Kier molecular flexibility index (Phi) is 3.76. The topological polar surface area (TPSA) is 92.6 Å². The number of hydrogen-bond donors (Lipinski definition) is 1. The zero-order valence-electron chi connectivity index (χ0n) is 12.9. The average molecular weight is 325 g/mol. The van der Waals surface area contributed by atoms with Crippen molar-refractivity contribution in [1.82, 2.24) is 10.2 Å². The molecule has 0 aromatic heterocycles. The fourth-order valence-electron chi connectivity index (χ4n) is 2.73. The molecule has 1 fully saturated rings. The number of imide groups is 1. The lowest BCUT2D eigenvalue weighted by molar-refractivity contribution is -0.385. The Morgan fingerprint density at radius 1 is 1.12 bits per heavy atom. The molecule has 1 heterocycles. The Bertz CT molecular complexity index is 822. The summed E-state index contributed by atoms with van der Waals surface area (Å²) in [7, 11) is 0. The van der Waals surface area contributed by atoms with Crippen molar-refractivity contribution in [1.29, 1.82) is 0 Å². The SMILES string of the molecule is C[C@@]1(c2cccc([N+](=O)[O-])c2)NC(=O)N(Cc2ccccc2)C1=O. The number of carbonyl (C=O) groups excluding carboxylic acids is 2. The van der Waals surface area contributed by atoms with E-state index in [1.807, 2.05) is 30.3 Å². The molecule has 3 amide bonds. The van der Waals surface area contributed by atoms with Crippen LogP contribution in [-0.4, -0.2) is 21.8 Å². The van der Waals surface area contributed by atoms with Crippen molar-refractivity contribution in [3.8, 4) is 0 Å². The van der Waals surface area contributed by atoms with Crippen molar-refractivity contribution in [3.05, 3.63) is 75.8 Å². The standard InChI is InChI=1S/C17H15N3O4/c1-17(13-8-5-9-14(10-13)20(23)24)15(21)19(16(22)18-17)11-12-6-3-2-4-7-12/h2-10H,11H2,1H3,(H,18,22)/t17-/m0/s1. The molecular formula is C17H15N3O4. The van der Waals surface area contributed by atoms with Gasteiger partial charge in [0.05, 0.1) is 11.5 Å². The van der Waals surface area contributed by atoms with Gasteiger partial charge in [-0.05, 0) is 18.1 Å². The molecule has 3 rings (SSSR count). The first-order chi connectivity index (χ1) is 11.4. The average Bonchev–Trinajstić information content (AvgIpc) is 2.80. The van der Waals surface area contributed by atoms with E-state index in [0.29, 0.717) is 5.56 Å².